The maximum atomic E-state index is 5.66. The van der Waals surface area contributed by atoms with Crippen molar-refractivity contribution in [2.75, 3.05) is 7.05 Å². The molecule has 1 atom stereocenters. The fourth-order valence-electron chi connectivity index (χ4n) is 2.13. The van der Waals surface area contributed by atoms with Crippen molar-refractivity contribution >= 4 is 0 Å². The summed E-state index contributed by atoms with van der Waals surface area (Å²) in [6, 6.07) is 8.35. The van der Waals surface area contributed by atoms with Gasteiger partial charge >= 0.3 is 0 Å². The zero-order valence-electron chi connectivity index (χ0n) is 11.9. The van der Waals surface area contributed by atoms with E-state index in [0.717, 1.165) is 11.3 Å². The third kappa shape index (κ3) is 3.35. The Morgan fingerprint density at radius 3 is 2.32 bits per heavy atom. The van der Waals surface area contributed by atoms with Crippen molar-refractivity contribution in [1.82, 2.24) is 15.1 Å². The van der Waals surface area contributed by atoms with Gasteiger partial charge in [-0.2, -0.15) is 5.10 Å². The zero-order valence-corrected chi connectivity index (χ0v) is 11.9. The molecular weight excluding hydrogens is 238 g/mol. The Balaban J connectivity index is 2.19. The van der Waals surface area contributed by atoms with Gasteiger partial charge in [-0.1, -0.05) is 12.1 Å². The van der Waals surface area contributed by atoms with E-state index in [0.29, 0.717) is 0 Å². The second-order valence-electron chi connectivity index (χ2n) is 4.90. The van der Waals surface area contributed by atoms with Crippen LogP contribution in [0.15, 0.2) is 36.7 Å². The third-order valence-electron chi connectivity index (χ3n) is 2.93. The minimum absolute atomic E-state index is 0.154. The number of nitrogens with one attached hydrogen (secondary N) is 1. The van der Waals surface area contributed by atoms with Gasteiger partial charge in [0.2, 0.25) is 0 Å². The Kier molecular flexibility index (Phi) is 4.22. The van der Waals surface area contributed by atoms with Crippen molar-refractivity contribution in [3.05, 3.63) is 47.8 Å². The lowest BCUT2D eigenvalue weighted by Gasteiger charge is -2.16. The first-order chi connectivity index (χ1) is 9.10. The topological polar surface area (TPSA) is 39.1 Å². The molecule has 0 amide bonds. The molecule has 0 spiro atoms. The summed E-state index contributed by atoms with van der Waals surface area (Å²) in [5, 5.41) is 7.53. The van der Waals surface area contributed by atoms with Gasteiger partial charge in [-0.15, -0.1) is 0 Å². The highest BCUT2D eigenvalue weighted by molar-refractivity contribution is 5.34. The Hall–Kier alpha value is -1.81. The molecule has 1 N–H and O–H groups in total. The van der Waals surface area contributed by atoms with E-state index in [1.54, 1.807) is 0 Å². The lowest BCUT2D eigenvalue weighted by atomic mass is 10.0. The molecule has 0 saturated carbocycles. The van der Waals surface area contributed by atoms with Crippen LogP contribution in [0, 0.1) is 0 Å². The molecule has 0 aliphatic carbocycles. The molecule has 0 saturated heterocycles. The number of rotatable bonds is 5. The van der Waals surface area contributed by atoms with E-state index in [2.05, 4.69) is 22.5 Å². The molecule has 19 heavy (non-hydrogen) atoms. The van der Waals surface area contributed by atoms with E-state index in [4.69, 9.17) is 4.74 Å². The second-order valence-corrected chi connectivity index (χ2v) is 4.90. The first-order valence-corrected chi connectivity index (χ1v) is 6.52. The zero-order chi connectivity index (χ0) is 13.8. The highest BCUT2D eigenvalue weighted by Crippen LogP contribution is 2.23. The van der Waals surface area contributed by atoms with Gasteiger partial charge in [-0.05, 0) is 38.6 Å². The van der Waals surface area contributed by atoms with Crippen molar-refractivity contribution in [2.24, 2.45) is 7.05 Å². The molecule has 1 aromatic carbocycles. The number of ether oxygens (including phenoxy) is 1. The molecule has 2 rings (SSSR count). The molecule has 4 heteroatoms. The highest BCUT2D eigenvalue weighted by atomic mass is 16.5. The van der Waals surface area contributed by atoms with E-state index < -0.39 is 0 Å². The molecule has 4 nitrogen and oxygen atoms in total. The first kappa shape index (κ1) is 13.6. The predicted molar refractivity (Wildman–Crippen MR) is 76.3 cm³/mol. The van der Waals surface area contributed by atoms with Crippen molar-refractivity contribution in [3.63, 3.8) is 0 Å². The van der Waals surface area contributed by atoms with Crippen molar-refractivity contribution in [2.45, 2.75) is 26.0 Å². The van der Waals surface area contributed by atoms with Crippen LogP contribution in [0.25, 0.3) is 0 Å². The molecule has 0 fully saturated rings. The van der Waals surface area contributed by atoms with Crippen LogP contribution >= 0.6 is 0 Å². The molecule has 0 radical (unpaired) electrons. The number of aromatic nitrogens is 2. The average Bonchev–Trinajstić information content (AvgIpc) is 2.78. The SMILES string of the molecule is CNC(c1ccc(OC(C)C)cc1)c1cnn(C)c1. The maximum Gasteiger partial charge on any atom is 0.119 e. The van der Waals surface area contributed by atoms with Gasteiger partial charge in [0.05, 0.1) is 18.3 Å². The number of aryl methyl sites for hydroxylation is 1. The standard InChI is InChI=1S/C15H21N3O/c1-11(2)19-14-7-5-12(6-8-14)15(16-3)13-9-17-18(4)10-13/h5-11,15-16H,1-4H3. The largest absolute Gasteiger partial charge is 0.491 e. The Labute approximate surface area is 114 Å². The summed E-state index contributed by atoms with van der Waals surface area (Å²) in [6.07, 6.45) is 4.11. The first-order valence-electron chi connectivity index (χ1n) is 6.52. The van der Waals surface area contributed by atoms with Gasteiger partial charge < -0.3 is 10.1 Å². The van der Waals surface area contributed by atoms with Gasteiger partial charge in [0, 0.05) is 18.8 Å². The van der Waals surface area contributed by atoms with Gasteiger partial charge in [-0.3, -0.25) is 4.68 Å². The van der Waals surface area contributed by atoms with E-state index in [-0.39, 0.29) is 12.1 Å². The molecule has 1 heterocycles. The van der Waals surface area contributed by atoms with Crippen molar-refractivity contribution in [1.29, 1.82) is 0 Å². The summed E-state index contributed by atoms with van der Waals surface area (Å²) in [4.78, 5) is 0. The summed E-state index contributed by atoms with van der Waals surface area (Å²) < 4.78 is 7.47. The molecule has 102 valence electrons. The fraction of sp³-hybridized carbons (Fsp3) is 0.400. The van der Waals surface area contributed by atoms with Crippen LogP contribution < -0.4 is 10.1 Å². The molecular formula is C15H21N3O. The Bertz CT molecular complexity index is 516. The molecule has 2 aromatic rings. The van der Waals surface area contributed by atoms with Crippen LogP contribution in [0.3, 0.4) is 0 Å². The lowest BCUT2D eigenvalue weighted by Crippen LogP contribution is -2.17. The second kappa shape index (κ2) is 5.89. The summed E-state index contributed by atoms with van der Waals surface area (Å²) in [7, 11) is 3.88. The normalized spacial score (nSPS) is 12.7. The average molecular weight is 259 g/mol. The summed E-state index contributed by atoms with van der Waals surface area (Å²) in [5.41, 5.74) is 2.36. The Morgan fingerprint density at radius 1 is 1.16 bits per heavy atom. The summed E-state index contributed by atoms with van der Waals surface area (Å²) in [5.74, 6) is 0.903. The van der Waals surface area contributed by atoms with Crippen molar-refractivity contribution in [3.8, 4) is 5.75 Å². The predicted octanol–water partition coefficient (Wildman–Crippen LogP) is 2.52. The number of hydrogen-bond donors (Lipinski definition) is 1. The van der Waals surface area contributed by atoms with E-state index in [1.165, 1.54) is 5.56 Å². The van der Waals surface area contributed by atoms with Crippen LogP contribution in [-0.4, -0.2) is 22.9 Å². The number of hydrogen-bond acceptors (Lipinski definition) is 3. The summed E-state index contributed by atoms with van der Waals surface area (Å²) in [6.45, 7) is 4.06. The molecule has 0 aliphatic heterocycles. The monoisotopic (exact) mass is 259 g/mol. The fourth-order valence-corrected chi connectivity index (χ4v) is 2.13. The minimum Gasteiger partial charge on any atom is -0.491 e. The van der Waals surface area contributed by atoms with Gasteiger partial charge in [0.25, 0.3) is 0 Å². The molecule has 0 bridgehead atoms. The molecule has 1 unspecified atom stereocenters. The Morgan fingerprint density at radius 2 is 1.84 bits per heavy atom. The van der Waals surface area contributed by atoms with Gasteiger partial charge in [0.1, 0.15) is 5.75 Å². The van der Waals surface area contributed by atoms with Gasteiger partial charge in [0.15, 0.2) is 0 Å². The minimum atomic E-state index is 0.154. The van der Waals surface area contributed by atoms with Crippen LogP contribution in [0.4, 0.5) is 0 Å². The molecule has 0 aliphatic rings. The smallest absolute Gasteiger partial charge is 0.119 e. The number of nitrogens with zero attached hydrogens (tertiary/aromatic N) is 2. The van der Waals surface area contributed by atoms with Crippen LogP contribution in [0.1, 0.15) is 31.0 Å². The number of benzene rings is 1. The van der Waals surface area contributed by atoms with Crippen LogP contribution in [0.2, 0.25) is 0 Å². The van der Waals surface area contributed by atoms with Gasteiger partial charge in [-0.25, -0.2) is 0 Å². The molecule has 1 aromatic heterocycles. The summed E-state index contributed by atoms with van der Waals surface area (Å²) >= 11 is 0. The van der Waals surface area contributed by atoms with E-state index in [1.807, 2.05) is 57.2 Å². The quantitative estimate of drug-likeness (QED) is 0.896. The van der Waals surface area contributed by atoms with Crippen molar-refractivity contribution < 1.29 is 4.74 Å². The van der Waals surface area contributed by atoms with Crippen LogP contribution in [0.5, 0.6) is 5.75 Å². The van der Waals surface area contributed by atoms with E-state index >= 15 is 0 Å². The van der Waals surface area contributed by atoms with E-state index in [9.17, 15) is 0 Å². The maximum absolute atomic E-state index is 5.66. The third-order valence-corrected chi connectivity index (χ3v) is 2.93. The lowest BCUT2D eigenvalue weighted by molar-refractivity contribution is 0.242. The highest BCUT2D eigenvalue weighted by Gasteiger charge is 2.13. The van der Waals surface area contributed by atoms with Crippen LogP contribution in [-0.2, 0) is 7.05 Å².